The van der Waals surface area contributed by atoms with Crippen LogP contribution in [0.1, 0.15) is 12.5 Å². The van der Waals surface area contributed by atoms with Crippen molar-refractivity contribution in [2.75, 3.05) is 13.3 Å². The number of imide groups is 1. The first-order valence-electron chi connectivity index (χ1n) is 8.96. The van der Waals surface area contributed by atoms with E-state index in [1.165, 1.54) is 6.20 Å². The van der Waals surface area contributed by atoms with Crippen LogP contribution >= 0.6 is 11.8 Å². The second-order valence-electron chi connectivity index (χ2n) is 6.88. The molecule has 3 amide bonds. The number of hydrogen-bond acceptors (Lipinski definition) is 6. The van der Waals surface area contributed by atoms with Gasteiger partial charge in [-0.3, -0.25) is 19.6 Å². The molecule has 1 saturated heterocycles. The van der Waals surface area contributed by atoms with Crippen molar-refractivity contribution in [1.82, 2.24) is 14.8 Å². The molecule has 7 nitrogen and oxygen atoms in total. The maximum atomic E-state index is 12.7. The highest BCUT2D eigenvalue weighted by Crippen LogP contribution is 2.33. The summed E-state index contributed by atoms with van der Waals surface area (Å²) in [5.41, 5.74) is -0.566. The van der Waals surface area contributed by atoms with Gasteiger partial charge in [0, 0.05) is 30.6 Å². The third-order valence-corrected chi connectivity index (χ3v) is 5.55. The van der Waals surface area contributed by atoms with Crippen molar-refractivity contribution >= 4 is 29.7 Å². The largest absolute Gasteiger partial charge is 0.491 e. The third-order valence-electron chi connectivity index (χ3n) is 4.81. The Kier molecular flexibility index (Phi) is 5.99. The highest BCUT2D eigenvalue weighted by atomic mass is 32.2. The van der Waals surface area contributed by atoms with Crippen molar-refractivity contribution < 1.29 is 32.3 Å². The van der Waals surface area contributed by atoms with Gasteiger partial charge in [-0.2, -0.15) is 13.2 Å². The number of nitrogens with zero attached hydrogens (tertiary/aromatic N) is 3. The molecule has 0 saturated carbocycles. The van der Waals surface area contributed by atoms with Gasteiger partial charge in [0.2, 0.25) is 0 Å². The lowest BCUT2D eigenvalue weighted by molar-refractivity contribution is -0.222. The first-order valence-corrected chi connectivity index (χ1v) is 10.2. The van der Waals surface area contributed by atoms with E-state index in [2.05, 4.69) is 9.72 Å². The highest BCUT2D eigenvalue weighted by Gasteiger charge is 2.58. The molecule has 3 rings (SSSR count). The van der Waals surface area contributed by atoms with Crippen LogP contribution in [0.2, 0.25) is 0 Å². The Hall–Kier alpha value is -3.08. The van der Waals surface area contributed by atoms with E-state index in [0.29, 0.717) is 16.2 Å². The molecule has 1 unspecified atom stereocenters. The minimum Gasteiger partial charge on any atom is -0.423 e. The summed E-state index contributed by atoms with van der Waals surface area (Å²) in [7, 11) is 1.11. The lowest BCUT2D eigenvalue weighted by Gasteiger charge is -2.31. The maximum Gasteiger partial charge on any atom is 0.491 e. The van der Waals surface area contributed by atoms with Gasteiger partial charge in [-0.15, -0.1) is 11.8 Å². The molecule has 11 heteroatoms. The summed E-state index contributed by atoms with van der Waals surface area (Å²) >= 11 is 1.58. The summed E-state index contributed by atoms with van der Waals surface area (Å²) in [4.78, 5) is 43.1. The van der Waals surface area contributed by atoms with Gasteiger partial charge in [-0.05, 0) is 36.1 Å². The molecular formula is C20H18F3N3O4S. The van der Waals surface area contributed by atoms with Gasteiger partial charge in [0.25, 0.3) is 11.6 Å². The SMILES string of the molecule is CSc1ccc(-c2cc(CN3C(=O)N(C)C(=O)C3(C)OC(=O)C(F)(F)F)ccn2)cc1. The van der Waals surface area contributed by atoms with Crippen LogP contribution in [-0.2, 0) is 20.9 Å². The van der Waals surface area contributed by atoms with Crippen molar-refractivity contribution in [3.05, 3.63) is 48.2 Å². The lowest BCUT2D eigenvalue weighted by Crippen LogP contribution is -2.52. The van der Waals surface area contributed by atoms with Crippen LogP contribution in [0.5, 0.6) is 0 Å². The molecular weight excluding hydrogens is 435 g/mol. The Balaban J connectivity index is 1.91. The number of rotatable bonds is 5. The second-order valence-corrected chi connectivity index (χ2v) is 7.76. The monoisotopic (exact) mass is 453 g/mol. The number of hydrogen-bond donors (Lipinski definition) is 0. The smallest absolute Gasteiger partial charge is 0.423 e. The fourth-order valence-corrected chi connectivity index (χ4v) is 3.52. The molecule has 1 aromatic heterocycles. The number of alkyl halides is 3. The predicted octanol–water partition coefficient (Wildman–Crippen LogP) is 3.69. The molecule has 2 heterocycles. The molecule has 0 N–H and O–H groups in total. The van der Waals surface area contributed by atoms with Crippen LogP contribution in [0.3, 0.4) is 0 Å². The number of aromatic nitrogens is 1. The zero-order valence-electron chi connectivity index (χ0n) is 16.8. The fourth-order valence-electron chi connectivity index (χ4n) is 3.11. The Labute approximate surface area is 180 Å². The van der Waals surface area contributed by atoms with E-state index in [-0.39, 0.29) is 6.54 Å². The molecule has 164 valence electrons. The summed E-state index contributed by atoms with van der Waals surface area (Å²) < 4.78 is 42.7. The number of benzene rings is 1. The number of halogens is 3. The number of amides is 3. The van der Waals surface area contributed by atoms with Crippen LogP contribution in [0.25, 0.3) is 11.3 Å². The Morgan fingerprint density at radius 3 is 2.42 bits per heavy atom. The maximum absolute atomic E-state index is 12.7. The minimum absolute atomic E-state index is 0.269. The number of carbonyl (C=O) groups is 3. The molecule has 0 bridgehead atoms. The molecule has 1 aliphatic heterocycles. The summed E-state index contributed by atoms with van der Waals surface area (Å²) in [5.74, 6) is -3.63. The Morgan fingerprint density at radius 1 is 1.19 bits per heavy atom. The van der Waals surface area contributed by atoms with Crippen LogP contribution in [0, 0.1) is 0 Å². The normalized spacial score (nSPS) is 19.2. The Morgan fingerprint density at radius 2 is 1.84 bits per heavy atom. The van der Waals surface area contributed by atoms with Gasteiger partial charge in [0.05, 0.1) is 12.2 Å². The topological polar surface area (TPSA) is 79.8 Å². The van der Waals surface area contributed by atoms with E-state index in [0.717, 1.165) is 29.3 Å². The zero-order chi connectivity index (χ0) is 23.0. The van der Waals surface area contributed by atoms with Crippen LogP contribution in [0.4, 0.5) is 18.0 Å². The van der Waals surface area contributed by atoms with Gasteiger partial charge in [-0.25, -0.2) is 9.59 Å². The number of carbonyl (C=O) groups excluding carboxylic acids is 3. The summed E-state index contributed by atoms with van der Waals surface area (Å²) in [6.07, 6.45) is -1.88. The van der Waals surface area contributed by atoms with Gasteiger partial charge in [0.15, 0.2) is 0 Å². The number of esters is 1. The number of pyridine rings is 1. The minimum atomic E-state index is -5.31. The molecule has 0 radical (unpaired) electrons. The van der Waals surface area contributed by atoms with Crippen molar-refractivity contribution in [2.45, 2.75) is 30.3 Å². The fraction of sp³-hybridized carbons (Fsp3) is 0.300. The van der Waals surface area contributed by atoms with Crippen LogP contribution in [-0.4, -0.2) is 57.9 Å². The number of urea groups is 1. The lowest BCUT2D eigenvalue weighted by atomic mass is 10.1. The quantitative estimate of drug-likeness (QED) is 0.390. The molecule has 0 spiro atoms. The van der Waals surface area contributed by atoms with Crippen molar-refractivity contribution in [3.63, 3.8) is 0 Å². The van der Waals surface area contributed by atoms with E-state index in [1.54, 1.807) is 23.9 Å². The van der Waals surface area contributed by atoms with Gasteiger partial charge in [-0.1, -0.05) is 12.1 Å². The van der Waals surface area contributed by atoms with Crippen molar-refractivity contribution in [2.24, 2.45) is 0 Å². The first-order chi connectivity index (χ1) is 14.5. The van der Waals surface area contributed by atoms with Crippen LogP contribution < -0.4 is 0 Å². The summed E-state index contributed by atoms with van der Waals surface area (Å²) in [5, 5.41) is 0. The van der Waals surface area contributed by atoms with Gasteiger partial charge >= 0.3 is 18.2 Å². The average molecular weight is 453 g/mol. The molecule has 1 atom stereocenters. The number of likely N-dealkylation sites (N-methyl/N-ethyl adjacent to an activating group) is 1. The molecule has 1 aromatic carbocycles. The van der Waals surface area contributed by atoms with Crippen molar-refractivity contribution in [1.29, 1.82) is 0 Å². The molecule has 0 aliphatic carbocycles. The average Bonchev–Trinajstić information content (AvgIpc) is 2.89. The first kappa shape index (κ1) is 22.6. The van der Waals surface area contributed by atoms with Crippen LogP contribution in [0.15, 0.2) is 47.5 Å². The molecule has 2 aromatic rings. The van der Waals surface area contributed by atoms with Crippen molar-refractivity contribution in [3.8, 4) is 11.3 Å². The number of thioether (sulfide) groups is 1. The van der Waals surface area contributed by atoms with E-state index >= 15 is 0 Å². The third kappa shape index (κ3) is 4.36. The van der Waals surface area contributed by atoms with E-state index in [9.17, 15) is 27.6 Å². The summed E-state index contributed by atoms with van der Waals surface area (Å²) in [6, 6.07) is 9.89. The second kappa shape index (κ2) is 8.22. The molecule has 1 aliphatic rings. The number of ether oxygens (including phenoxy) is 1. The highest BCUT2D eigenvalue weighted by molar-refractivity contribution is 7.98. The van der Waals surface area contributed by atoms with E-state index < -0.39 is 29.8 Å². The van der Waals surface area contributed by atoms with E-state index in [4.69, 9.17) is 0 Å². The van der Waals surface area contributed by atoms with E-state index in [1.807, 2.05) is 30.5 Å². The predicted molar refractivity (Wildman–Crippen MR) is 106 cm³/mol. The summed E-state index contributed by atoms with van der Waals surface area (Å²) in [6.45, 7) is 0.693. The van der Waals surface area contributed by atoms with Gasteiger partial charge < -0.3 is 4.74 Å². The standard InChI is InChI=1S/C20H18F3N3O4S/c1-19(30-17(28)20(21,22)23)16(27)25(2)18(29)26(19)11-12-8-9-24-15(10-12)13-4-6-14(31-3)7-5-13/h4-10H,11H2,1-3H3. The molecule has 1 fully saturated rings. The van der Waals surface area contributed by atoms with Gasteiger partial charge in [0.1, 0.15) is 0 Å². The zero-order valence-corrected chi connectivity index (χ0v) is 17.6. The molecule has 31 heavy (non-hydrogen) atoms. The Bertz CT molecular complexity index is 1030.